The number of hydrogen-bond acceptors (Lipinski definition) is 5. The molecule has 0 N–H and O–H groups in total. The number of furan rings is 1. The minimum atomic E-state index is -0.522. The zero-order valence-corrected chi connectivity index (χ0v) is 10.2. The lowest BCUT2D eigenvalue weighted by Crippen LogP contribution is -2.07. The topological polar surface area (TPSA) is 65.7 Å². The van der Waals surface area contributed by atoms with Gasteiger partial charge in [-0.1, -0.05) is 0 Å². The minimum Gasteiger partial charge on any atom is -0.466 e. The second kappa shape index (κ2) is 6.08. The largest absolute Gasteiger partial charge is 0.466 e. The molecule has 0 aliphatic heterocycles. The van der Waals surface area contributed by atoms with E-state index in [9.17, 15) is 9.59 Å². The van der Waals surface area contributed by atoms with E-state index in [1.165, 1.54) is 0 Å². The van der Waals surface area contributed by atoms with Gasteiger partial charge in [0.15, 0.2) is 0 Å². The summed E-state index contributed by atoms with van der Waals surface area (Å²) in [6.07, 6.45) is 0.0269. The Balaban J connectivity index is 2.74. The number of carbonyl (C=O) groups excluding carboxylic acids is 2. The molecular weight excluding hydrogens is 224 g/mol. The van der Waals surface area contributed by atoms with Crippen LogP contribution in [-0.2, 0) is 20.7 Å². The van der Waals surface area contributed by atoms with E-state index in [1.54, 1.807) is 26.8 Å². The van der Waals surface area contributed by atoms with Crippen LogP contribution in [0.5, 0.6) is 0 Å². The minimum absolute atomic E-state index is 0.0269. The van der Waals surface area contributed by atoms with Crippen molar-refractivity contribution in [3.8, 4) is 0 Å². The SMILES string of the molecule is CCOC(=O)Cc1oc(C(=O)OCC)cc1C. The predicted octanol–water partition coefficient (Wildman–Crippen LogP) is 1.87. The van der Waals surface area contributed by atoms with E-state index in [0.717, 1.165) is 5.56 Å². The quantitative estimate of drug-likeness (QED) is 0.735. The molecule has 0 saturated carbocycles. The van der Waals surface area contributed by atoms with Crippen LogP contribution < -0.4 is 0 Å². The molecule has 0 radical (unpaired) electrons. The van der Waals surface area contributed by atoms with E-state index >= 15 is 0 Å². The van der Waals surface area contributed by atoms with Crippen LogP contribution in [0.1, 0.15) is 35.7 Å². The molecule has 0 saturated heterocycles. The van der Waals surface area contributed by atoms with Gasteiger partial charge in [-0.05, 0) is 32.4 Å². The van der Waals surface area contributed by atoms with Gasteiger partial charge >= 0.3 is 11.9 Å². The molecule has 17 heavy (non-hydrogen) atoms. The highest BCUT2D eigenvalue weighted by Gasteiger charge is 2.17. The van der Waals surface area contributed by atoms with Gasteiger partial charge in [0.2, 0.25) is 5.76 Å². The van der Waals surface area contributed by atoms with Crippen molar-refractivity contribution in [3.63, 3.8) is 0 Å². The van der Waals surface area contributed by atoms with Gasteiger partial charge in [0.25, 0.3) is 0 Å². The number of hydrogen-bond donors (Lipinski definition) is 0. The molecule has 0 fully saturated rings. The molecule has 5 nitrogen and oxygen atoms in total. The Hall–Kier alpha value is -1.78. The normalized spacial score (nSPS) is 10.1. The lowest BCUT2D eigenvalue weighted by atomic mass is 10.2. The van der Waals surface area contributed by atoms with Crippen molar-refractivity contribution in [3.05, 3.63) is 23.2 Å². The molecule has 0 spiro atoms. The summed E-state index contributed by atoms with van der Waals surface area (Å²) in [6.45, 7) is 5.82. The third-order valence-corrected chi connectivity index (χ3v) is 2.11. The van der Waals surface area contributed by atoms with E-state index in [1.807, 2.05) is 0 Å². The fourth-order valence-corrected chi connectivity index (χ4v) is 1.34. The Labute approximate surface area is 99.7 Å². The number of ether oxygens (including phenoxy) is 2. The molecule has 0 atom stereocenters. The predicted molar refractivity (Wildman–Crippen MR) is 59.7 cm³/mol. The highest BCUT2D eigenvalue weighted by atomic mass is 16.5. The van der Waals surface area contributed by atoms with Crippen LogP contribution in [-0.4, -0.2) is 25.2 Å². The zero-order valence-electron chi connectivity index (χ0n) is 10.2. The summed E-state index contributed by atoms with van der Waals surface area (Å²) in [4.78, 5) is 22.7. The fraction of sp³-hybridized carbons (Fsp3) is 0.500. The van der Waals surface area contributed by atoms with Crippen LogP contribution in [0.2, 0.25) is 0 Å². The van der Waals surface area contributed by atoms with Crippen LogP contribution in [0.15, 0.2) is 10.5 Å². The Kier molecular flexibility index (Phi) is 4.75. The summed E-state index contributed by atoms with van der Waals surface area (Å²) in [7, 11) is 0. The molecule has 0 unspecified atom stereocenters. The first-order valence-corrected chi connectivity index (χ1v) is 5.50. The highest BCUT2D eigenvalue weighted by molar-refractivity contribution is 5.87. The molecule has 1 aromatic heterocycles. The van der Waals surface area contributed by atoms with E-state index in [-0.39, 0.29) is 24.8 Å². The number of aryl methyl sites for hydroxylation is 1. The van der Waals surface area contributed by atoms with Crippen LogP contribution in [0.3, 0.4) is 0 Å². The molecule has 94 valence electrons. The molecule has 5 heteroatoms. The van der Waals surface area contributed by atoms with E-state index in [2.05, 4.69) is 0 Å². The molecule has 1 heterocycles. The van der Waals surface area contributed by atoms with Gasteiger partial charge in [0, 0.05) is 0 Å². The Morgan fingerprint density at radius 1 is 1.24 bits per heavy atom. The second-order valence-corrected chi connectivity index (χ2v) is 3.42. The summed E-state index contributed by atoms with van der Waals surface area (Å²) < 4.78 is 14.9. The van der Waals surface area contributed by atoms with Crippen LogP contribution in [0.25, 0.3) is 0 Å². The van der Waals surface area contributed by atoms with Gasteiger partial charge in [-0.3, -0.25) is 4.79 Å². The van der Waals surface area contributed by atoms with Gasteiger partial charge in [-0.15, -0.1) is 0 Å². The van der Waals surface area contributed by atoms with Crippen molar-refractivity contribution in [2.45, 2.75) is 27.2 Å². The van der Waals surface area contributed by atoms with E-state index in [0.29, 0.717) is 12.4 Å². The summed E-state index contributed by atoms with van der Waals surface area (Å²) in [6, 6.07) is 1.56. The molecule has 0 aliphatic rings. The van der Waals surface area contributed by atoms with Crippen molar-refractivity contribution >= 4 is 11.9 Å². The monoisotopic (exact) mass is 240 g/mol. The lowest BCUT2D eigenvalue weighted by Gasteiger charge is -2.00. The van der Waals surface area contributed by atoms with Crippen LogP contribution in [0, 0.1) is 6.92 Å². The van der Waals surface area contributed by atoms with Gasteiger partial charge in [-0.2, -0.15) is 0 Å². The van der Waals surface area contributed by atoms with Crippen molar-refractivity contribution < 1.29 is 23.5 Å². The Morgan fingerprint density at radius 2 is 1.88 bits per heavy atom. The van der Waals surface area contributed by atoms with Crippen molar-refractivity contribution in [1.82, 2.24) is 0 Å². The van der Waals surface area contributed by atoms with Crippen LogP contribution >= 0.6 is 0 Å². The maximum Gasteiger partial charge on any atom is 0.374 e. The Bertz CT molecular complexity index is 405. The highest BCUT2D eigenvalue weighted by Crippen LogP contribution is 2.16. The third kappa shape index (κ3) is 3.62. The Morgan fingerprint density at radius 3 is 2.47 bits per heavy atom. The lowest BCUT2D eigenvalue weighted by molar-refractivity contribution is -0.142. The van der Waals surface area contributed by atoms with Gasteiger partial charge in [-0.25, -0.2) is 4.79 Å². The maximum absolute atomic E-state index is 11.4. The number of rotatable bonds is 5. The summed E-state index contributed by atoms with van der Waals surface area (Å²) >= 11 is 0. The molecule has 0 aliphatic carbocycles. The summed E-state index contributed by atoms with van der Waals surface area (Å²) in [5.74, 6) is -0.346. The molecule has 0 bridgehead atoms. The van der Waals surface area contributed by atoms with E-state index in [4.69, 9.17) is 13.9 Å². The first kappa shape index (κ1) is 13.3. The first-order chi connectivity index (χ1) is 8.08. The van der Waals surface area contributed by atoms with E-state index < -0.39 is 5.97 Å². The molecular formula is C12H16O5. The summed E-state index contributed by atoms with van der Waals surface area (Å²) in [5.41, 5.74) is 0.737. The summed E-state index contributed by atoms with van der Waals surface area (Å²) in [5, 5.41) is 0. The first-order valence-electron chi connectivity index (χ1n) is 5.50. The van der Waals surface area contributed by atoms with Crippen molar-refractivity contribution in [1.29, 1.82) is 0 Å². The van der Waals surface area contributed by atoms with Gasteiger partial charge in [0.05, 0.1) is 13.2 Å². The van der Waals surface area contributed by atoms with Crippen molar-refractivity contribution in [2.24, 2.45) is 0 Å². The number of carbonyl (C=O) groups is 2. The number of esters is 2. The van der Waals surface area contributed by atoms with Gasteiger partial charge in [0.1, 0.15) is 12.2 Å². The maximum atomic E-state index is 11.4. The smallest absolute Gasteiger partial charge is 0.374 e. The van der Waals surface area contributed by atoms with Crippen LogP contribution in [0.4, 0.5) is 0 Å². The molecule has 1 rings (SSSR count). The van der Waals surface area contributed by atoms with Crippen molar-refractivity contribution in [2.75, 3.05) is 13.2 Å². The second-order valence-electron chi connectivity index (χ2n) is 3.42. The third-order valence-electron chi connectivity index (χ3n) is 2.11. The zero-order chi connectivity index (χ0) is 12.8. The molecule has 0 amide bonds. The fourth-order valence-electron chi connectivity index (χ4n) is 1.34. The van der Waals surface area contributed by atoms with Gasteiger partial charge < -0.3 is 13.9 Å². The standard InChI is InChI=1S/C12H16O5/c1-4-15-11(13)7-9-8(3)6-10(17-9)12(14)16-5-2/h6H,4-5,7H2,1-3H3. The molecule has 1 aromatic rings. The average Bonchev–Trinajstić information content (AvgIpc) is 2.61. The average molecular weight is 240 g/mol. The molecule has 0 aromatic carbocycles.